The van der Waals surface area contributed by atoms with Crippen LogP contribution in [0.3, 0.4) is 0 Å². The van der Waals surface area contributed by atoms with Crippen molar-refractivity contribution in [2.75, 3.05) is 13.2 Å². The van der Waals surface area contributed by atoms with Gasteiger partial charge in [0.2, 0.25) is 0 Å². The van der Waals surface area contributed by atoms with Gasteiger partial charge in [-0.1, -0.05) is 31.2 Å². The number of hydrogen-bond acceptors (Lipinski definition) is 2. The molecule has 0 radical (unpaired) electrons. The molecule has 1 aromatic carbocycles. The highest BCUT2D eigenvalue weighted by Crippen LogP contribution is 2.05. The number of aliphatic hydroxyl groups is 1. The SMILES string of the molecule is CCc1ccc(COCCO)cc1. The highest BCUT2D eigenvalue weighted by atomic mass is 16.5. The molecule has 0 aliphatic heterocycles. The number of benzene rings is 1. The molecule has 0 fully saturated rings. The predicted molar refractivity (Wildman–Crippen MR) is 52.6 cm³/mol. The fourth-order valence-electron chi connectivity index (χ4n) is 1.13. The summed E-state index contributed by atoms with van der Waals surface area (Å²) in [7, 11) is 0. The number of aliphatic hydroxyl groups excluding tert-OH is 1. The molecule has 0 saturated carbocycles. The summed E-state index contributed by atoms with van der Waals surface area (Å²) >= 11 is 0. The Kier molecular flexibility index (Phi) is 4.50. The van der Waals surface area contributed by atoms with Crippen LogP contribution in [-0.2, 0) is 17.8 Å². The van der Waals surface area contributed by atoms with Crippen LogP contribution in [0.4, 0.5) is 0 Å². The van der Waals surface area contributed by atoms with Crippen molar-refractivity contribution in [1.29, 1.82) is 0 Å². The third-order valence-corrected chi connectivity index (χ3v) is 1.94. The van der Waals surface area contributed by atoms with Crippen LogP contribution in [0.2, 0.25) is 0 Å². The van der Waals surface area contributed by atoms with Crippen molar-refractivity contribution < 1.29 is 9.84 Å². The topological polar surface area (TPSA) is 29.5 Å². The molecule has 0 heterocycles. The van der Waals surface area contributed by atoms with Crippen LogP contribution in [0.5, 0.6) is 0 Å². The van der Waals surface area contributed by atoms with Crippen LogP contribution in [0.25, 0.3) is 0 Å². The zero-order chi connectivity index (χ0) is 9.52. The summed E-state index contributed by atoms with van der Waals surface area (Å²) < 4.78 is 5.19. The Morgan fingerprint density at radius 2 is 1.77 bits per heavy atom. The average molecular weight is 180 g/mol. The summed E-state index contributed by atoms with van der Waals surface area (Å²) in [4.78, 5) is 0. The normalized spacial score (nSPS) is 10.3. The lowest BCUT2D eigenvalue weighted by molar-refractivity contribution is 0.0815. The van der Waals surface area contributed by atoms with Crippen molar-refractivity contribution in [3.63, 3.8) is 0 Å². The number of hydrogen-bond donors (Lipinski definition) is 1. The van der Waals surface area contributed by atoms with Crippen molar-refractivity contribution in [3.8, 4) is 0 Å². The molecular weight excluding hydrogens is 164 g/mol. The van der Waals surface area contributed by atoms with Gasteiger partial charge in [0.25, 0.3) is 0 Å². The first kappa shape index (κ1) is 10.2. The lowest BCUT2D eigenvalue weighted by atomic mass is 10.1. The first-order chi connectivity index (χ1) is 6.36. The summed E-state index contributed by atoms with van der Waals surface area (Å²) in [6.45, 7) is 3.23. The Balaban J connectivity index is 2.40. The maximum absolute atomic E-state index is 8.50. The summed E-state index contributed by atoms with van der Waals surface area (Å²) in [6, 6.07) is 8.35. The first-order valence-corrected chi connectivity index (χ1v) is 4.63. The molecule has 1 N–H and O–H groups in total. The standard InChI is InChI=1S/C11H16O2/c1-2-10-3-5-11(6-4-10)9-13-8-7-12/h3-6,12H,2,7-9H2,1H3. The molecule has 2 heteroatoms. The third-order valence-electron chi connectivity index (χ3n) is 1.94. The number of aryl methyl sites for hydroxylation is 1. The van der Waals surface area contributed by atoms with Gasteiger partial charge in [-0.05, 0) is 17.5 Å². The molecule has 0 unspecified atom stereocenters. The molecule has 0 spiro atoms. The highest BCUT2D eigenvalue weighted by molar-refractivity contribution is 5.21. The average Bonchev–Trinajstić information content (AvgIpc) is 2.19. The fraction of sp³-hybridized carbons (Fsp3) is 0.455. The minimum absolute atomic E-state index is 0.0903. The van der Waals surface area contributed by atoms with Gasteiger partial charge in [0.05, 0.1) is 19.8 Å². The van der Waals surface area contributed by atoms with Crippen LogP contribution in [0.15, 0.2) is 24.3 Å². The summed E-state index contributed by atoms with van der Waals surface area (Å²) in [5.74, 6) is 0. The molecular formula is C11H16O2. The van der Waals surface area contributed by atoms with E-state index >= 15 is 0 Å². The van der Waals surface area contributed by atoms with E-state index in [0.29, 0.717) is 13.2 Å². The van der Waals surface area contributed by atoms with Crippen LogP contribution < -0.4 is 0 Å². The maximum atomic E-state index is 8.50. The number of ether oxygens (including phenoxy) is 1. The lowest BCUT2D eigenvalue weighted by Crippen LogP contribution is -1.99. The van der Waals surface area contributed by atoms with Gasteiger partial charge in [-0.3, -0.25) is 0 Å². The smallest absolute Gasteiger partial charge is 0.0718 e. The third kappa shape index (κ3) is 3.57. The predicted octanol–water partition coefficient (Wildman–Crippen LogP) is 1.76. The van der Waals surface area contributed by atoms with E-state index in [1.54, 1.807) is 0 Å². The second-order valence-electron chi connectivity index (χ2n) is 2.95. The Labute approximate surface area is 79.2 Å². The van der Waals surface area contributed by atoms with Crippen LogP contribution in [0.1, 0.15) is 18.1 Å². The van der Waals surface area contributed by atoms with E-state index in [-0.39, 0.29) is 6.61 Å². The molecule has 0 saturated heterocycles. The summed E-state index contributed by atoms with van der Waals surface area (Å²) in [5.41, 5.74) is 2.50. The van der Waals surface area contributed by atoms with Gasteiger partial charge in [-0.25, -0.2) is 0 Å². The zero-order valence-corrected chi connectivity index (χ0v) is 7.99. The van der Waals surface area contributed by atoms with E-state index in [4.69, 9.17) is 9.84 Å². The van der Waals surface area contributed by atoms with Crippen molar-refractivity contribution in [2.24, 2.45) is 0 Å². The van der Waals surface area contributed by atoms with Crippen LogP contribution in [0, 0.1) is 0 Å². The molecule has 0 amide bonds. The highest BCUT2D eigenvalue weighted by Gasteiger charge is 1.93. The van der Waals surface area contributed by atoms with E-state index in [1.165, 1.54) is 5.56 Å². The molecule has 72 valence electrons. The summed E-state index contributed by atoms with van der Waals surface area (Å²) in [6.07, 6.45) is 1.07. The van der Waals surface area contributed by atoms with Gasteiger partial charge in [0.1, 0.15) is 0 Å². The molecule has 0 aliphatic rings. The number of rotatable bonds is 5. The van der Waals surface area contributed by atoms with Crippen molar-refractivity contribution in [3.05, 3.63) is 35.4 Å². The van der Waals surface area contributed by atoms with Gasteiger partial charge in [0.15, 0.2) is 0 Å². The molecule has 1 aromatic rings. The second-order valence-corrected chi connectivity index (χ2v) is 2.95. The molecule has 13 heavy (non-hydrogen) atoms. The molecule has 0 bridgehead atoms. The van der Waals surface area contributed by atoms with Crippen LogP contribution in [-0.4, -0.2) is 18.3 Å². The van der Waals surface area contributed by atoms with E-state index in [1.807, 2.05) is 0 Å². The quantitative estimate of drug-likeness (QED) is 0.700. The van der Waals surface area contributed by atoms with Crippen molar-refractivity contribution >= 4 is 0 Å². The zero-order valence-electron chi connectivity index (χ0n) is 7.99. The minimum Gasteiger partial charge on any atom is -0.394 e. The van der Waals surface area contributed by atoms with E-state index < -0.39 is 0 Å². The maximum Gasteiger partial charge on any atom is 0.0718 e. The van der Waals surface area contributed by atoms with E-state index in [9.17, 15) is 0 Å². The monoisotopic (exact) mass is 180 g/mol. The van der Waals surface area contributed by atoms with Gasteiger partial charge in [-0.2, -0.15) is 0 Å². The van der Waals surface area contributed by atoms with Gasteiger partial charge in [-0.15, -0.1) is 0 Å². The Bertz CT molecular complexity index is 228. The van der Waals surface area contributed by atoms with Crippen LogP contribution >= 0.6 is 0 Å². The molecule has 0 aromatic heterocycles. The first-order valence-electron chi connectivity index (χ1n) is 4.63. The van der Waals surface area contributed by atoms with Crippen molar-refractivity contribution in [1.82, 2.24) is 0 Å². The molecule has 2 nitrogen and oxygen atoms in total. The molecule has 0 aliphatic carbocycles. The minimum atomic E-state index is 0.0903. The van der Waals surface area contributed by atoms with E-state index in [2.05, 4.69) is 31.2 Å². The fourth-order valence-corrected chi connectivity index (χ4v) is 1.13. The Morgan fingerprint density at radius 1 is 1.15 bits per heavy atom. The Morgan fingerprint density at radius 3 is 2.31 bits per heavy atom. The van der Waals surface area contributed by atoms with Crippen molar-refractivity contribution in [2.45, 2.75) is 20.0 Å². The van der Waals surface area contributed by atoms with Gasteiger partial charge in [0, 0.05) is 0 Å². The largest absolute Gasteiger partial charge is 0.394 e. The lowest BCUT2D eigenvalue weighted by Gasteiger charge is -2.03. The van der Waals surface area contributed by atoms with Gasteiger partial charge < -0.3 is 9.84 Å². The summed E-state index contributed by atoms with van der Waals surface area (Å²) in [5, 5.41) is 8.50. The molecule has 1 rings (SSSR count). The second kappa shape index (κ2) is 5.73. The Hall–Kier alpha value is -0.860. The van der Waals surface area contributed by atoms with Gasteiger partial charge >= 0.3 is 0 Å². The molecule has 0 atom stereocenters. The van der Waals surface area contributed by atoms with E-state index in [0.717, 1.165) is 12.0 Å².